The van der Waals surface area contributed by atoms with Gasteiger partial charge in [0.25, 0.3) is 0 Å². The summed E-state index contributed by atoms with van der Waals surface area (Å²) in [7, 11) is 0. The van der Waals surface area contributed by atoms with Crippen molar-refractivity contribution >= 4 is 44.5 Å². The number of aromatic nitrogens is 1. The highest BCUT2D eigenvalue weighted by Crippen LogP contribution is 2.27. The Morgan fingerprint density at radius 2 is 2.05 bits per heavy atom. The maximum Gasteiger partial charge on any atom is 0.248 e. The fourth-order valence-corrected chi connectivity index (χ4v) is 2.63. The van der Waals surface area contributed by atoms with Crippen molar-refractivity contribution in [3.8, 4) is 0 Å². The number of benzene rings is 2. The number of nitrogens with one attached hydrogen (secondary N) is 1. The lowest BCUT2D eigenvalue weighted by Gasteiger charge is -2.10. The van der Waals surface area contributed by atoms with E-state index in [9.17, 15) is 4.79 Å². The Kier molecular flexibility index (Phi) is 3.00. The van der Waals surface area contributed by atoms with Crippen molar-refractivity contribution in [2.45, 2.75) is 0 Å². The Balaban J connectivity index is 1.92. The lowest BCUT2D eigenvalue weighted by molar-refractivity contribution is 0.100. The molecule has 3 rings (SSSR count). The van der Waals surface area contributed by atoms with Crippen molar-refractivity contribution < 1.29 is 4.79 Å². The predicted molar refractivity (Wildman–Crippen MR) is 82.3 cm³/mol. The fraction of sp³-hybridized carbons (Fsp3) is 0. The van der Waals surface area contributed by atoms with Crippen LogP contribution in [0.4, 0.5) is 17.1 Å². The number of hydrogen-bond acceptors (Lipinski definition) is 5. The van der Waals surface area contributed by atoms with Crippen molar-refractivity contribution in [1.29, 1.82) is 0 Å². The molecular weight excluding hydrogens is 272 g/mol. The zero-order chi connectivity index (χ0) is 14.1. The van der Waals surface area contributed by atoms with Gasteiger partial charge in [-0.2, -0.15) is 0 Å². The van der Waals surface area contributed by atoms with Gasteiger partial charge in [-0.3, -0.25) is 4.79 Å². The third-order valence-electron chi connectivity index (χ3n) is 2.95. The first-order chi connectivity index (χ1) is 9.63. The van der Waals surface area contributed by atoms with Crippen LogP contribution in [0.15, 0.2) is 41.9 Å². The summed E-state index contributed by atoms with van der Waals surface area (Å²) >= 11 is 1.58. The molecule has 1 aromatic heterocycles. The van der Waals surface area contributed by atoms with Crippen molar-refractivity contribution in [3.63, 3.8) is 0 Å². The zero-order valence-electron chi connectivity index (χ0n) is 10.5. The molecule has 0 aliphatic carbocycles. The van der Waals surface area contributed by atoms with E-state index in [0.29, 0.717) is 11.3 Å². The molecule has 1 amide bonds. The number of nitrogens with zero attached hydrogens (tertiary/aromatic N) is 1. The Labute approximate surface area is 119 Å². The summed E-state index contributed by atoms with van der Waals surface area (Å²) in [5.41, 5.74) is 16.4. The monoisotopic (exact) mass is 284 g/mol. The van der Waals surface area contributed by atoms with Gasteiger partial charge < -0.3 is 16.8 Å². The number of amides is 1. The molecule has 3 aromatic rings. The molecule has 0 unspecified atom stereocenters. The van der Waals surface area contributed by atoms with Crippen LogP contribution in [0.3, 0.4) is 0 Å². The fourth-order valence-electron chi connectivity index (χ4n) is 1.92. The third-order valence-corrected chi connectivity index (χ3v) is 3.74. The van der Waals surface area contributed by atoms with E-state index in [1.165, 1.54) is 0 Å². The average molecular weight is 284 g/mol. The van der Waals surface area contributed by atoms with Gasteiger partial charge in [-0.15, -0.1) is 11.3 Å². The minimum atomic E-state index is -0.491. The summed E-state index contributed by atoms with van der Waals surface area (Å²) in [4.78, 5) is 15.3. The second-order valence-electron chi connectivity index (χ2n) is 4.33. The van der Waals surface area contributed by atoms with Gasteiger partial charge in [-0.05, 0) is 36.4 Å². The molecule has 0 atom stereocenters. The molecule has 0 spiro atoms. The molecule has 5 nitrogen and oxygen atoms in total. The summed E-state index contributed by atoms with van der Waals surface area (Å²) in [6, 6.07) is 10.8. The Morgan fingerprint density at radius 1 is 1.20 bits per heavy atom. The van der Waals surface area contributed by atoms with Crippen LogP contribution in [-0.4, -0.2) is 10.9 Å². The standard InChI is InChI=1S/C14H12N4OS/c15-10-5-8(14(16)19)1-3-11(10)18-9-2-4-12-13(6-9)20-7-17-12/h1-7,18H,15H2,(H2,16,19). The topological polar surface area (TPSA) is 94.0 Å². The van der Waals surface area contributed by atoms with Gasteiger partial charge in [0, 0.05) is 11.3 Å². The molecule has 0 radical (unpaired) electrons. The first kappa shape index (κ1) is 12.4. The number of anilines is 3. The van der Waals surface area contributed by atoms with Gasteiger partial charge >= 0.3 is 0 Å². The number of fused-ring (bicyclic) bond motifs is 1. The summed E-state index contributed by atoms with van der Waals surface area (Å²) in [5, 5.41) is 3.22. The lowest BCUT2D eigenvalue weighted by atomic mass is 10.1. The molecule has 0 fully saturated rings. The minimum absolute atomic E-state index is 0.394. The van der Waals surface area contributed by atoms with Gasteiger partial charge in [-0.1, -0.05) is 0 Å². The molecule has 1 heterocycles. The number of thiazole rings is 1. The first-order valence-corrected chi connectivity index (χ1v) is 6.81. The van der Waals surface area contributed by atoms with E-state index in [0.717, 1.165) is 21.6 Å². The van der Waals surface area contributed by atoms with Crippen LogP contribution in [-0.2, 0) is 0 Å². The normalized spacial score (nSPS) is 10.6. The van der Waals surface area contributed by atoms with Gasteiger partial charge in [0.15, 0.2) is 0 Å². The van der Waals surface area contributed by atoms with Crippen molar-refractivity contribution in [2.75, 3.05) is 11.1 Å². The van der Waals surface area contributed by atoms with Crippen molar-refractivity contribution in [1.82, 2.24) is 4.98 Å². The van der Waals surface area contributed by atoms with Crippen LogP contribution >= 0.6 is 11.3 Å². The van der Waals surface area contributed by atoms with E-state index >= 15 is 0 Å². The molecule has 2 aromatic carbocycles. The number of nitrogen functional groups attached to an aromatic ring is 1. The zero-order valence-corrected chi connectivity index (χ0v) is 11.3. The summed E-state index contributed by atoms with van der Waals surface area (Å²) < 4.78 is 1.10. The Bertz CT molecular complexity index is 797. The van der Waals surface area contributed by atoms with Crippen LogP contribution in [0.5, 0.6) is 0 Å². The number of hydrogen-bond donors (Lipinski definition) is 3. The van der Waals surface area contributed by atoms with E-state index in [-0.39, 0.29) is 0 Å². The summed E-state index contributed by atoms with van der Waals surface area (Å²) in [6.45, 7) is 0. The second-order valence-corrected chi connectivity index (χ2v) is 5.21. The highest BCUT2D eigenvalue weighted by molar-refractivity contribution is 7.16. The second kappa shape index (κ2) is 4.82. The third kappa shape index (κ3) is 2.28. The highest BCUT2D eigenvalue weighted by Gasteiger charge is 2.06. The van der Waals surface area contributed by atoms with Crippen molar-refractivity contribution in [3.05, 3.63) is 47.5 Å². The molecule has 5 N–H and O–H groups in total. The first-order valence-electron chi connectivity index (χ1n) is 5.93. The molecule has 0 bridgehead atoms. The highest BCUT2D eigenvalue weighted by atomic mass is 32.1. The van der Waals surface area contributed by atoms with Gasteiger partial charge in [0.05, 0.1) is 27.1 Å². The lowest BCUT2D eigenvalue weighted by Crippen LogP contribution is -2.11. The number of carbonyl (C=O) groups is 1. The molecule has 0 aliphatic rings. The van der Waals surface area contributed by atoms with E-state index < -0.39 is 5.91 Å². The molecule has 0 saturated carbocycles. The number of carbonyl (C=O) groups excluding carboxylic acids is 1. The van der Waals surface area contributed by atoms with Crippen molar-refractivity contribution in [2.24, 2.45) is 5.73 Å². The van der Waals surface area contributed by atoms with E-state index in [1.807, 2.05) is 23.7 Å². The van der Waals surface area contributed by atoms with Crippen LogP contribution in [0, 0.1) is 0 Å². The summed E-state index contributed by atoms with van der Waals surface area (Å²) in [5.74, 6) is -0.491. The summed E-state index contributed by atoms with van der Waals surface area (Å²) in [6.07, 6.45) is 0. The smallest absolute Gasteiger partial charge is 0.248 e. The Morgan fingerprint density at radius 3 is 2.80 bits per heavy atom. The largest absolute Gasteiger partial charge is 0.397 e. The van der Waals surface area contributed by atoms with Gasteiger partial charge in [0.2, 0.25) is 5.91 Å². The van der Waals surface area contributed by atoms with Crippen LogP contribution < -0.4 is 16.8 Å². The van der Waals surface area contributed by atoms with Gasteiger partial charge in [-0.25, -0.2) is 4.98 Å². The maximum atomic E-state index is 11.1. The predicted octanol–water partition coefficient (Wildman–Crippen LogP) is 2.72. The number of rotatable bonds is 3. The van der Waals surface area contributed by atoms with E-state index in [2.05, 4.69) is 10.3 Å². The van der Waals surface area contributed by atoms with Crippen LogP contribution in [0.2, 0.25) is 0 Å². The van der Waals surface area contributed by atoms with Crippen LogP contribution in [0.25, 0.3) is 10.2 Å². The van der Waals surface area contributed by atoms with Gasteiger partial charge in [0.1, 0.15) is 0 Å². The van der Waals surface area contributed by atoms with E-state index in [4.69, 9.17) is 11.5 Å². The average Bonchev–Trinajstić information content (AvgIpc) is 2.88. The Hall–Kier alpha value is -2.60. The number of nitrogens with two attached hydrogens (primary N) is 2. The van der Waals surface area contributed by atoms with Crippen LogP contribution in [0.1, 0.15) is 10.4 Å². The molecule has 0 aliphatic heterocycles. The maximum absolute atomic E-state index is 11.1. The number of primary amides is 1. The molecule has 6 heteroatoms. The quantitative estimate of drug-likeness (QED) is 0.644. The van der Waals surface area contributed by atoms with E-state index in [1.54, 1.807) is 29.5 Å². The molecule has 100 valence electrons. The SMILES string of the molecule is NC(=O)c1ccc(Nc2ccc3ncsc3c2)c(N)c1. The molecule has 0 saturated heterocycles. The minimum Gasteiger partial charge on any atom is -0.397 e. The molecule has 20 heavy (non-hydrogen) atoms. The molecular formula is C14H12N4OS.